The summed E-state index contributed by atoms with van der Waals surface area (Å²) in [4.78, 5) is 11.3. The van der Waals surface area contributed by atoms with Gasteiger partial charge in [0.15, 0.2) is 0 Å². The Labute approximate surface area is 92.2 Å². The Morgan fingerprint density at radius 2 is 2.20 bits per heavy atom. The Morgan fingerprint density at radius 3 is 2.73 bits per heavy atom. The molecule has 1 unspecified atom stereocenters. The van der Waals surface area contributed by atoms with E-state index >= 15 is 0 Å². The molecule has 0 radical (unpaired) electrons. The van der Waals surface area contributed by atoms with Gasteiger partial charge in [-0.1, -0.05) is 13.3 Å². The van der Waals surface area contributed by atoms with Crippen LogP contribution in [-0.2, 0) is 4.79 Å². The van der Waals surface area contributed by atoms with Crippen LogP contribution in [0.1, 0.15) is 39.0 Å². The molecule has 90 valence electrons. The minimum atomic E-state index is 0.0690. The Hall–Kier alpha value is -0.610. The highest BCUT2D eigenvalue weighted by Crippen LogP contribution is 2.09. The summed E-state index contributed by atoms with van der Waals surface area (Å²) in [6.07, 6.45) is 4.16. The predicted molar refractivity (Wildman–Crippen MR) is 61.4 cm³/mol. The van der Waals surface area contributed by atoms with Crippen LogP contribution < -0.4 is 11.1 Å². The minimum absolute atomic E-state index is 0.0690. The molecule has 0 bridgehead atoms. The summed E-state index contributed by atoms with van der Waals surface area (Å²) < 4.78 is 0. The predicted octanol–water partition coefficient (Wildman–Crippen LogP) is 0.640. The first-order valence-electron chi connectivity index (χ1n) is 5.82. The molecule has 4 nitrogen and oxygen atoms in total. The number of rotatable bonds is 9. The SMILES string of the molecule is CCCC(CCO)CNC(=O)CCCN. The maximum absolute atomic E-state index is 11.3. The molecular formula is C11H24N2O2. The van der Waals surface area contributed by atoms with Crippen molar-refractivity contribution >= 4 is 5.91 Å². The van der Waals surface area contributed by atoms with E-state index in [0.717, 1.165) is 25.7 Å². The van der Waals surface area contributed by atoms with Crippen molar-refractivity contribution < 1.29 is 9.90 Å². The topological polar surface area (TPSA) is 75.3 Å². The van der Waals surface area contributed by atoms with Crippen molar-refractivity contribution in [2.45, 2.75) is 39.0 Å². The molecule has 0 saturated carbocycles. The molecular weight excluding hydrogens is 192 g/mol. The molecule has 0 aromatic heterocycles. The van der Waals surface area contributed by atoms with Crippen LogP contribution in [0.4, 0.5) is 0 Å². The molecule has 4 heteroatoms. The number of nitrogens with one attached hydrogen (secondary N) is 1. The number of hydrogen-bond acceptors (Lipinski definition) is 3. The van der Waals surface area contributed by atoms with Crippen molar-refractivity contribution in [2.75, 3.05) is 19.7 Å². The van der Waals surface area contributed by atoms with E-state index in [1.165, 1.54) is 0 Å². The largest absolute Gasteiger partial charge is 0.396 e. The molecule has 4 N–H and O–H groups in total. The molecule has 0 saturated heterocycles. The van der Waals surface area contributed by atoms with Crippen LogP contribution in [0, 0.1) is 5.92 Å². The van der Waals surface area contributed by atoms with Crippen molar-refractivity contribution in [3.63, 3.8) is 0 Å². The van der Waals surface area contributed by atoms with Crippen molar-refractivity contribution in [3.8, 4) is 0 Å². The second-order valence-electron chi connectivity index (χ2n) is 3.86. The highest BCUT2D eigenvalue weighted by atomic mass is 16.3. The van der Waals surface area contributed by atoms with Crippen molar-refractivity contribution in [1.29, 1.82) is 0 Å². The molecule has 1 amide bonds. The Kier molecular flexibility index (Phi) is 9.52. The average Bonchev–Trinajstić information content (AvgIpc) is 2.23. The van der Waals surface area contributed by atoms with Crippen LogP contribution in [0.3, 0.4) is 0 Å². The van der Waals surface area contributed by atoms with E-state index in [-0.39, 0.29) is 12.5 Å². The van der Waals surface area contributed by atoms with Gasteiger partial charge in [-0.3, -0.25) is 4.79 Å². The van der Waals surface area contributed by atoms with Crippen molar-refractivity contribution in [2.24, 2.45) is 11.7 Å². The summed E-state index contributed by atoms with van der Waals surface area (Å²) in [7, 11) is 0. The van der Waals surface area contributed by atoms with Gasteiger partial charge in [0.2, 0.25) is 5.91 Å². The zero-order chi connectivity index (χ0) is 11.5. The lowest BCUT2D eigenvalue weighted by Crippen LogP contribution is -2.29. The van der Waals surface area contributed by atoms with E-state index in [4.69, 9.17) is 10.8 Å². The lowest BCUT2D eigenvalue weighted by molar-refractivity contribution is -0.121. The first kappa shape index (κ1) is 14.4. The highest BCUT2D eigenvalue weighted by molar-refractivity contribution is 5.75. The zero-order valence-electron chi connectivity index (χ0n) is 9.67. The minimum Gasteiger partial charge on any atom is -0.396 e. The van der Waals surface area contributed by atoms with Gasteiger partial charge in [-0.15, -0.1) is 0 Å². The molecule has 0 aromatic rings. The average molecular weight is 216 g/mol. The van der Waals surface area contributed by atoms with Crippen LogP contribution in [0.15, 0.2) is 0 Å². The maximum atomic E-state index is 11.3. The third-order valence-corrected chi connectivity index (χ3v) is 2.43. The molecule has 0 fully saturated rings. The van der Waals surface area contributed by atoms with Crippen LogP contribution in [-0.4, -0.2) is 30.7 Å². The van der Waals surface area contributed by atoms with Crippen molar-refractivity contribution in [1.82, 2.24) is 5.32 Å². The van der Waals surface area contributed by atoms with Crippen molar-refractivity contribution in [3.05, 3.63) is 0 Å². The number of hydrogen-bond donors (Lipinski definition) is 3. The fraction of sp³-hybridized carbons (Fsp3) is 0.909. The fourth-order valence-corrected chi connectivity index (χ4v) is 1.55. The zero-order valence-corrected chi connectivity index (χ0v) is 9.67. The van der Waals surface area contributed by atoms with E-state index in [9.17, 15) is 4.79 Å². The van der Waals surface area contributed by atoms with Gasteiger partial charge >= 0.3 is 0 Å². The number of amides is 1. The first-order chi connectivity index (χ1) is 7.24. The molecule has 0 aromatic carbocycles. The van der Waals surface area contributed by atoms with E-state index in [1.807, 2.05) is 0 Å². The number of carbonyl (C=O) groups excluding carboxylic acids is 1. The van der Waals surface area contributed by atoms with Gasteiger partial charge in [0.05, 0.1) is 0 Å². The van der Waals surface area contributed by atoms with E-state index in [2.05, 4.69) is 12.2 Å². The molecule has 0 heterocycles. The summed E-state index contributed by atoms with van der Waals surface area (Å²) in [6, 6.07) is 0. The first-order valence-corrected chi connectivity index (χ1v) is 5.82. The van der Waals surface area contributed by atoms with Gasteiger partial charge in [0, 0.05) is 19.6 Å². The molecule has 0 rings (SSSR count). The monoisotopic (exact) mass is 216 g/mol. The third kappa shape index (κ3) is 8.39. The van der Waals surface area contributed by atoms with Crippen LogP contribution in [0.25, 0.3) is 0 Å². The second kappa shape index (κ2) is 9.93. The number of carbonyl (C=O) groups is 1. The van der Waals surface area contributed by atoms with Crippen LogP contribution in [0.2, 0.25) is 0 Å². The molecule has 0 aliphatic carbocycles. The summed E-state index contributed by atoms with van der Waals surface area (Å²) in [5, 5.41) is 11.7. The van der Waals surface area contributed by atoms with Gasteiger partial charge in [-0.2, -0.15) is 0 Å². The standard InChI is InChI=1S/C11H24N2O2/c1-2-4-10(6-8-14)9-13-11(15)5-3-7-12/h10,14H,2-9,12H2,1H3,(H,13,15). The van der Waals surface area contributed by atoms with Gasteiger partial charge in [-0.05, 0) is 31.7 Å². The molecule has 0 aliphatic heterocycles. The number of nitrogens with two attached hydrogens (primary N) is 1. The number of aliphatic hydroxyl groups is 1. The van der Waals surface area contributed by atoms with Gasteiger partial charge < -0.3 is 16.2 Å². The summed E-state index contributed by atoms with van der Waals surface area (Å²) in [5.41, 5.74) is 5.32. The second-order valence-corrected chi connectivity index (χ2v) is 3.86. The third-order valence-electron chi connectivity index (χ3n) is 2.43. The Morgan fingerprint density at radius 1 is 1.47 bits per heavy atom. The van der Waals surface area contributed by atoms with E-state index < -0.39 is 0 Å². The highest BCUT2D eigenvalue weighted by Gasteiger charge is 2.08. The summed E-state index contributed by atoms with van der Waals surface area (Å²) >= 11 is 0. The summed E-state index contributed by atoms with van der Waals surface area (Å²) in [5.74, 6) is 0.473. The molecule has 0 aliphatic rings. The van der Waals surface area contributed by atoms with Gasteiger partial charge in [0.25, 0.3) is 0 Å². The van der Waals surface area contributed by atoms with Gasteiger partial charge in [0.1, 0.15) is 0 Å². The molecule has 15 heavy (non-hydrogen) atoms. The smallest absolute Gasteiger partial charge is 0.220 e. The van der Waals surface area contributed by atoms with Gasteiger partial charge in [-0.25, -0.2) is 0 Å². The molecule has 0 spiro atoms. The summed E-state index contributed by atoms with van der Waals surface area (Å²) in [6.45, 7) is 3.55. The number of aliphatic hydroxyl groups excluding tert-OH is 1. The van der Waals surface area contributed by atoms with Crippen LogP contribution >= 0.6 is 0 Å². The molecule has 1 atom stereocenters. The quantitative estimate of drug-likeness (QED) is 0.529. The maximum Gasteiger partial charge on any atom is 0.220 e. The normalized spacial score (nSPS) is 12.5. The van der Waals surface area contributed by atoms with E-state index in [1.54, 1.807) is 0 Å². The van der Waals surface area contributed by atoms with E-state index in [0.29, 0.717) is 25.4 Å². The lowest BCUT2D eigenvalue weighted by Gasteiger charge is -2.15. The fourth-order valence-electron chi connectivity index (χ4n) is 1.55. The Bertz CT molecular complexity index is 157. The lowest BCUT2D eigenvalue weighted by atomic mass is 10.0. The Balaban J connectivity index is 3.62. The van der Waals surface area contributed by atoms with Crippen LogP contribution in [0.5, 0.6) is 0 Å².